The third-order valence-electron chi connectivity index (χ3n) is 6.85. The van der Waals surface area contributed by atoms with Crippen LogP contribution in [0.25, 0.3) is 5.57 Å². The summed E-state index contributed by atoms with van der Waals surface area (Å²) in [7, 11) is 0. The Kier molecular flexibility index (Phi) is 7.22. The molecule has 2 aliphatic heterocycles. The lowest BCUT2D eigenvalue weighted by molar-refractivity contribution is 0.0772. The van der Waals surface area contributed by atoms with Crippen LogP contribution in [0.15, 0.2) is 48.5 Å². The molecule has 2 aromatic rings. The summed E-state index contributed by atoms with van der Waals surface area (Å²) >= 11 is 0. The lowest BCUT2D eigenvalue weighted by atomic mass is 9.82. The van der Waals surface area contributed by atoms with Crippen molar-refractivity contribution in [1.82, 2.24) is 10.2 Å². The SMILES string of the molecule is CCN(CC)C(=O)c1ccc(C2=CC3(CCNCC3)Oc3ccc(C(=O)CC(C)C)cc32)cc1. The average molecular weight is 461 g/mol. The molecule has 5 nitrogen and oxygen atoms in total. The van der Waals surface area contributed by atoms with Crippen LogP contribution in [0.1, 0.15) is 78.8 Å². The van der Waals surface area contributed by atoms with Crippen LogP contribution in [-0.2, 0) is 0 Å². The van der Waals surface area contributed by atoms with E-state index in [4.69, 9.17) is 4.74 Å². The quantitative estimate of drug-likeness (QED) is 0.567. The number of amides is 1. The van der Waals surface area contributed by atoms with Crippen molar-refractivity contribution in [2.75, 3.05) is 26.2 Å². The molecule has 2 heterocycles. The summed E-state index contributed by atoms with van der Waals surface area (Å²) in [6, 6.07) is 13.7. The molecule has 5 heteroatoms. The number of ketones is 1. The highest BCUT2D eigenvalue weighted by molar-refractivity contribution is 5.99. The normalized spacial score (nSPS) is 16.6. The number of benzene rings is 2. The van der Waals surface area contributed by atoms with Crippen LogP contribution in [0.4, 0.5) is 0 Å². The standard InChI is InChI=1S/C29H36N2O3/c1-5-31(6-2)28(33)22-9-7-21(8-10-22)25-19-29(13-15-30-16-14-29)34-27-12-11-23(18-24(25)27)26(32)17-20(3)4/h7-12,18-20,30H,5-6,13-17H2,1-4H3. The molecule has 0 radical (unpaired) electrons. The molecule has 1 saturated heterocycles. The van der Waals surface area contributed by atoms with Gasteiger partial charge in [0.05, 0.1) is 0 Å². The molecule has 4 rings (SSSR count). The fourth-order valence-corrected chi connectivity index (χ4v) is 4.90. The molecule has 1 amide bonds. The number of nitrogens with zero attached hydrogens (tertiary/aromatic N) is 1. The van der Waals surface area contributed by atoms with Gasteiger partial charge in [-0.15, -0.1) is 0 Å². The molecular weight excluding hydrogens is 424 g/mol. The van der Waals surface area contributed by atoms with Gasteiger partial charge in [0.2, 0.25) is 0 Å². The molecule has 0 aliphatic carbocycles. The van der Waals surface area contributed by atoms with Crippen LogP contribution in [0.2, 0.25) is 0 Å². The van der Waals surface area contributed by atoms with Gasteiger partial charge in [-0.1, -0.05) is 26.0 Å². The molecule has 0 saturated carbocycles. The molecular formula is C29H36N2O3. The van der Waals surface area contributed by atoms with E-state index in [9.17, 15) is 9.59 Å². The molecule has 1 spiro atoms. The Morgan fingerprint density at radius 2 is 1.65 bits per heavy atom. The van der Waals surface area contributed by atoms with Gasteiger partial charge in [-0.2, -0.15) is 0 Å². The van der Waals surface area contributed by atoms with Crippen LogP contribution >= 0.6 is 0 Å². The minimum Gasteiger partial charge on any atom is -0.482 e. The Labute approximate surface area is 203 Å². The minimum atomic E-state index is -0.354. The zero-order valence-electron chi connectivity index (χ0n) is 20.8. The van der Waals surface area contributed by atoms with Crippen LogP contribution in [0.3, 0.4) is 0 Å². The topological polar surface area (TPSA) is 58.6 Å². The van der Waals surface area contributed by atoms with Crippen molar-refractivity contribution < 1.29 is 14.3 Å². The molecule has 0 atom stereocenters. The number of nitrogens with one attached hydrogen (secondary N) is 1. The summed E-state index contributed by atoms with van der Waals surface area (Å²) in [6.07, 6.45) is 4.55. The lowest BCUT2D eigenvalue weighted by Gasteiger charge is -2.40. The van der Waals surface area contributed by atoms with Crippen molar-refractivity contribution >= 4 is 17.3 Å². The predicted molar refractivity (Wildman–Crippen MR) is 136 cm³/mol. The van der Waals surface area contributed by atoms with Gasteiger partial charge in [0.15, 0.2) is 5.78 Å². The molecule has 180 valence electrons. The van der Waals surface area contributed by atoms with Crippen molar-refractivity contribution in [1.29, 1.82) is 0 Å². The largest absolute Gasteiger partial charge is 0.482 e. The zero-order valence-corrected chi connectivity index (χ0v) is 20.8. The number of carbonyl (C=O) groups excluding carboxylic acids is 2. The monoisotopic (exact) mass is 460 g/mol. The van der Waals surface area contributed by atoms with Crippen molar-refractivity contribution in [3.8, 4) is 5.75 Å². The third kappa shape index (κ3) is 4.95. The third-order valence-corrected chi connectivity index (χ3v) is 6.85. The molecule has 2 aliphatic rings. The van der Waals surface area contributed by atoms with E-state index in [-0.39, 0.29) is 17.3 Å². The molecule has 0 aromatic heterocycles. The van der Waals surface area contributed by atoms with E-state index >= 15 is 0 Å². The van der Waals surface area contributed by atoms with E-state index in [1.807, 2.05) is 61.2 Å². The van der Waals surface area contributed by atoms with Crippen molar-refractivity contribution in [3.63, 3.8) is 0 Å². The fourth-order valence-electron chi connectivity index (χ4n) is 4.90. The Balaban J connectivity index is 1.74. The van der Waals surface area contributed by atoms with Crippen molar-refractivity contribution in [2.24, 2.45) is 5.92 Å². The second-order valence-corrected chi connectivity index (χ2v) is 9.76. The van der Waals surface area contributed by atoms with Crippen molar-refractivity contribution in [3.05, 3.63) is 70.8 Å². The maximum atomic E-state index is 12.8. The number of rotatable bonds is 7. The van der Waals surface area contributed by atoms with E-state index in [0.717, 1.165) is 53.9 Å². The van der Waals surface area contributed by atoms with Crippen LogP contribution < -0.4 is 10.1 Å². The molecule has 0 unspecified atom stereocenters. The van der Waals surface area contributed by atoms with Gasteiger partial charge in [0, 0.05) is 49.0 Å². The Morgan fingerprint density at radius 3 is 2.26 bits per heavy atom. The maximum absolute atomic E-state index is 12.8. The highest BCUT2D eigenvalue weighted by Gasteiger charge is 2.37. The highest BCUT2D eigenvalue weighted by atomic mass is 16.5. The van der Waals surface area contributed by atoms with Gasteiger partial charge in [-0.25, -0.2) is 0 Å². The summed E-state index contributed by atoms with van der Waals surface area (Å²) in [5, 5.41) is 3.42. The van der Waals surface area contributed by atoms with E-state index in [0.29, 0.717) is 31.0 Å². The predicted octanol–water partition coefficient (Wildman–Crippen LogP) is 5.34. The van der Waals surface area contributed by atoms with Gasteiger partial charge in [-0.05, 0) is 80.4 Å². The first-order chi connectivity index (χ1) is 16.4. The first-order valence-corrected chi connectivity index (χ1v) is 12.6. The van der Waals surface area contributed by atoms with Gasteiger partial charge in [0.25, 0.3) is 5.91 Å². The maximum Gasteiger partial charge on any atom is 0.253 e. The Morgan fingerprint density at radius 1 is 1.00 bits per heavy atom. The van der Waals surface area contributed by atoms with E-state index in [1.54, 1.807) is 0 Å². The summed E-state index contributed by atoms with van der Waals surface area (Å²) in [5.74, 6) is 1.33. The second-order valence-electron chi connectivity index (χ2n) is 9.76. The molecule has 1 N–H and O–H groups in total. The smallest absolute Gasteiger partial charge is 0.253 e. The number of carbonyl (C=O) groups is 2. The summed E-state index contributed by atoms with van der Waals surface area (Å²) < 4.78 is 6.56. The van der Waals surface area contributed by atoms with Crippen LogP contribution in [0, 0.1) is 5.92 Å². The molecule has 0 bridgehead atoms. The number of hydrogen-bond acceptors (Lipinski definition) is 4. The van der Waals surface area contributed by atoms with E-state index in [1.165, 1.54) is 0 Å². The first kappa shape index (κ1) is 24.2. The Hall–Kier alpha value is -2.92. The van der Waals surface area contributed by atoms with Crippen LogP contribution in [-0.4, -0.2) is 48.4 Å². The summed E-state index contributed by atoms with van der Waals surface area (Å²) in [4.78, 5) is 27.4. The lowest BCUT2D eigenvalue weighted by Crippen LogP contribution is -2.46. The molecule has 1 fully saturated rings. The second kappa shape index (κ2) is 10.1. The Bertz CT molecular complexity index is 1080. The zero-order chi connectivity index (χ0) is 24.3. The number of piperidine rings is 1. The number of hydrogen-bond donors (Lipinski definition) is 1. The number of fused-ring (bicyclic) bond motifs is 1. The average Bonchev–Trinajstić information content (AvgIpc) is 2.84. The molecule has 2 aromatic carbocycles. The van der Waals surface area contributed by atoms with Crippen molar-refractivity contribution in [2.45, 2.75) is 52.6 Å². The van der Waals surface area contributed by atoms with Gasteiger partial charge in [-0.3, -0.25) is 9.59 Å². The van der Waals surface area contributed by atoms with Crippen LogP contribution in [0.5, 0.6) is 5.75 Å². The van der Waals surface area contributed by atoms with Gasteiger partial charge >= 0.3 is 0 Å². The molecule has 34 heavy (non-hydrogen) atoms. The highest BCUT2D eigenvalue weighted by Crippen LogP contribution is 2.43. The number of Topliss-reactive ketones (excluding diaryl/α,β-unsaturated/α-hetero) is 1. The van der Waals surface area contributed by atoms with Gasteiger partial charge in [0.1, 0.15) is 11.4 Å². The summed E-state index contributed by atoms with van der Waals surface area (Å²) in [5.41, 5.74) is 4.11. The first-order valence-electron chi connectivity index (χ1n) is 12.6. The van der Waals surface area contributed by atoms with Gasteiger partial charge < -0.3 is 15.0 Å². The number of ether oxygens (including phenoxy) is 1. The minimum absolute atomic E-state index is 0.0503. The van der Waals surface area contributed by atoms with E-state index < -0.39 is 0 Å². The fraction of sp³-hybridized carbons (Fsp3) is 0.448. The van der Waals surface area contributed by atoms with E-state index in [2.05, 4.69) is 25.2 Å². The summed E-state index contributed by atoms with van der Waals surface area (Å²) in [6.45, 7) is 11.3.